The number of hydrogen-bond acceptors (Lipinski definition) is 3. The van der Waals surface area contributed by atoms with E-state index < -0.39 is 0 Å². The maximum atomic E-state index is 6.04. The van der Waals surface area contributed by atoms with Gasteiger partial charge in [0.05, 0.1) is 15.7 Å². The van der Waals surface area contributed by atoms with E-state index in [1.165, 1.54) is 0 Å². The average Bonchev–Trinajstić information content (AvgIpc) is 2.43. The fourth-order valence-corrected chi connectivity index (χ4v) is 2.50. The summed E-state index contributed by atoms with van der Waals surface area (Å²) in [6, 6.07) is 9.68. The lowest BCUT2D eigenvalue weighted by atomic mass is 10.2. The molecule has 0 fully saturated rings. The molecule has 0 saturated heterocycles. The summed E-state index contributed by atoms with van der Waals surface area (Å²) in [7, 11) is 2.06. The van der Waals surface area contributed by atoms with Gasteiger partial charge in [0, 0.05) is 31.4 Å². The lowest BCUT2D eigenvalue weighted by Gasteiger charge is -2.17. The van der Waals surface area contributed by atoms with Crippen LogP contribution in [0.2, 0.25) is 10.0 Å². The van der Waals surface area contributed by atoms with Crippen LogP contribution in [0, 0.1) is 0 Å². The van der Waals surface area contributed by atoms with E-state index >= 15 is 0 Å². The minimum atomic E-state index is 0.438. The van der Waals surface area contributed by atoms with E-state index in [1.54, 1.807) is 0 Å². The number of benzene rings is 1. The molecule has 0 spiro atoms. The first kappa shape index (κ1) is 15.1. The molecular formula is C15H17Cl2N3. The highest BCUT2D eigenvalue weighted by Gasteiger charge is 2.07. The second kappa shape index (κ2) is 6.93. The van der Waals surface area contributed by atoms with Gasteiger partial charge in [0.2, 0.25) is 0 Å². The van der Waals surface area contributed by atoms with Gasteiger partial charge in [-0.05, 0) is 36.9 Å². The van der Waals surface area contributed by atoms with Gasteiger partial charge < -0.3 is 10.6 Å². The van der Waals surface area contributed by atoms with Crippen LogP contribution < -0.4 is 5.73 Å². The molecule has 2 aromatic rings. The third-order valence-electron chi connectivity index (χ3n) is 3.07. The second-order valence-electron chi connectivity index (χ2n) is 4.78. The highest BCUT2D eigenvalue weighted by molar-refractivity contribution is 6.38. The van der Waals surface area contributed by atoms with Gasteiger partial charge in [-0.2, -0.15) is 0 Å². The van der Waals surface area contributed by atoms with Crippen molar-refractivity contribution in [1.82, 2.24) is 9.88 Å². The molecule has 1 aromatic heterocycles. The van der Waals surface area contributed by atoms with Crippen molar-refractivity contribution in [2.45, 2.75) is 13.0 Å². The van der Waals surface area contributed by atoms with Gasteiger partial charge in [0.1, 0.15) is 0 Å². The van der Waals surface area contributed by atoms with Crippen LogP contribution in [-0.4, -0.2) is 23.5 Å². The zero-order chi connectivity index (χ0) is 14.5. The van der Waals surface area contributed by atoms with Crippen molar-refractivity contribution in [2.24, 2.45) is 0 Å². The molecule has 0 aliphatic carbocycles. The molecule has 0 bridgehead atoms. The predicted octanol–water partition coefficient (Wildman–Crippen LogP) is 3.65. The Morgan fingerprint density at radius 1 is 1.20 bits per heavy atom. The van der Waals surface area contributed by atoms with E-state index in [-0.39, 0.29) is 0 Å². The van der Waals surface area contributed by atoms with Crippen molar-refractivity contribution in [3.05, 3.63) is 57.8 Å². The van der Waals surface area contributed by atoms with Crippen molar-refractivity contribution >= 4 is 28.9 Å². The summed E-state index contributed by atoms with van der Waals surface area (Å²) in [5, 5.41) is 1.01. The lowest BCUT2D eigenvalue weighted by molar-refractivity contribution is 0.330. The molecular weight excluding hydrogens is 293 g/mol. The highest BCUT2D eigenvalue weighted by Crippen LogP contribution is 2.29. The first-order chi connectivity index (χ1) is 9.56. The smallest absolute Gasteiger partial charge is 0.0693 e. The van der Waals surface area contributed by atoms with Crippen LogP contribution in [0.25, 0.3) is 0 Å². The zero-order valence-electron chi connectivity index (χ0n) is 11.3. The molecule has 0 atom stereocenters. The Morgan fingerprint density at radius 2 is 1.90 bits per heavy atom. The summed E-state index contributed by atoms with van der Waals surface area (Å²) in [4.78, 5) is 6.51. The summed E-state index contributed by atoms with van der Waals surface area (Å²) in [5.74, 6) is 0. The molecule has 0 aliphatic heterocycles. The lowest BCUT2D eigenvalue weighted by Crippen LogP contribution is -2.21. The third kappa shape index (κ3) is 4.10. The van der Waals surface area contributed by atoms with Gasteiger partial charge in [-0.25, -0.2) is 0 Å². The van der Waals surface area contributed by atoms with E-state index in [1.807, 2.05) is 36.5 Å². The van der Waals surface area contributed by atoms with Crippen LogP contribution >= 0.6 is 23.2 Å². The molecule has 2 rings (SSSR count). The van der Waals surface area contributed by atoms with Crippen molar-refractivity contribution < 1.29 is 0 Å². The first-order valence-electron chi connectivity index (χ1n) is 6.38. The number of hydrogen-bond donors (Lipinski definition) is 1. The van der Waals surface area contributed by atoms with Crippen LogP contribution in [0.3, 0.4) is 0 Å². The molecule has 20 heavy (non-hydrogen) atoms. The number of halogens is 2. The first-order valence-corrected chi connectivity index (χ1v) is 7.13. The molecule has 0 amide bonds. The Bertz CT molecular complexity index is 550. The number of nitrogen functional groups attached to an aromatic ring is 1. The van der Waals surface area contributed by atoms with Crippen molar-refractivity contribution in [3.63, 3.8) is 0 Å². The van der Waals surface area contributed by atoms with Gasteiger partial charge in [-0.15, -0.1) is 0 Å². The van der Waals surface area contributed by atoms with E-state index in [4.69, 9.17) is 28.9 Å². The molecule has 1 aromatic carbocycles. The standard InChI is InChI=1S/C15H17Cl2N3/c1-20(7-5-12-4-2-3-6-19-12)10-11-8-13(16)15(18)14(17)9-11/h2-4,6,8-9H,5,7,10,18H2,1H3. The largest absolute Gasteiger partial charge is 0.396 e. The molecule has 106 valence electrons. The Balaban J connectivity index is 1.93. The second-order valence-corrected chi connectivity index (χ2v) is 5.60. The number of pyridine rings is 1. The molecule has 0 aliphatic rings. The van der Waals surface area contributed by atoms with Gasteiger partial charge in [0.25, 0.3) is 0 Å². The number of nitrogens with two attached hydrogens (primary N) is 1. The van der Waals surface area contributed by atoms with Crippen LogP contribution in [-0.2, 0) is 13.0 Å². The van der Waals surface area contributed by atoms with Gasteiger partial charge in [-0.3, -0.25) is 4.98 Å². The Labute approximate surface area is 129 Å². The van der Waals surface area contributed by atoms with Crippen molar-refractivity contribution in [2.75, 3.05) is 19.3 Å². The summed E-state index contributed by atoms with van der Waals surface area (Å²) >= 11 is 12.1. The normalized spacial score (nSPS) is 11.0. The van der Waals surface area contributed by atoms with Gasteiger partial charge in [-0.1, -0.05) is 29.3 Å². The summed E-state index contributed by atoms with van der Waals surface area (Å²) in [5.41, 5.74) is 8.31. The fraction of sp³-hybridized carbons (Fsp3) is 0.267. The average molecular weight is 310 g/mol. The van der Waals surface area contributed by atoms with Crippen LogP contribution in [0.5, 0.6) is 0 Å². The van der Waals surface area contributed by atoms with E-state index in [9.17, 15) is 0 Å². The number of rotatable bonds is 5. The number of nitrogens with zero attached hydrogens (tertiary/aromatic N) is 2. The molecule has 1 heterocycles. The minimum absolute atomic E-state index is 0.438. The summed E-state index contributed by atoms with van der Waals surface area (Å²) in [6.07, 6.45) is 2.72. The van der Waals surface area contributed by atoms with E-state index in [2.05, 4.69) is 16.9 Å². The number of anilines is 1. The molecule has 0 radical (unpaired) electrons. The fourth-order valence-electron chi connectivity index (χ4n) is 1.97. The molecule has 3 nitrogen and oxygen atoms in total. The highest BCUT2D eigenvalue weighted by atomic mass is 35.5. The van der Waals surface area contributed by atoms with Crippen LogP contribution in [0.15, 0.2) is 36.5 Å². The molecule has 5 heteroatoms. The molecule has 0 saturated carbocycles. The van der Waals surface area contributed by atoms with Crippen LogP contribution in [0.1, 0.15) is 11.3 Å². The Hall–Kier alpha value is -1.29. The topological polar surface area (TPSA) is 42.2 Å². The molecule has 0 unspecified atom stereocenters. The molecule has 2 N–H and O–H groups in total. The summed E-state index contributed by atoms with van der Waals surface area (Å²) in [6.45, 7) is 1.68. The van der Waals surface area contributed by atoms with Gasteiger partial charge >= 0.3 is 0 Å². The third-order valence-corrected chi connectivity index (χ3v) is 3.69. The maximum Gasteiger partial charge on any atom is 0.0693 e. The summed E-state index contributed by atoms with van der Waals surface area (Å²) < 4.78 is 0. The zero-order valence-corrected chi connectivity index (χ0v) is 12.8. The van der Waals surface area contributed by atoms with Crippen LogP contribution in [0.4, 0.5) is 5.69 Å². The SMILES string of the molecule is CN(CCc1ccccn1)Cc1cc(Cl)c(N)c(Cl)c1. The Morgan fingerprint density at radius 3 is 2.50 bits per heavy atom. The quantitative estimate of drug-likeness (QED) is 0.857. The maximum absolute atomic E-state index is 6.04. The predicted molar refractivity (Wildman–Crippen MR) is 85.1 cm³/mol. The van der Waals surface area contributed by atoms with Crippen molar-refractivity contribution in [3.8, 4) is 0 Å². The number of likely N-dealkylation sites (N-methyl/N-ethyl adjacent to an activating group) is 1. The van der Waals surface area contributed by atoms with Gasteiger partial charge in [0.15, 0.2) is 0 Å². The van der Waals surface area contributed by atoms with Crippen molar-refractivity contribution in [1.29, 1.82) is 0 Å². The number of aromatic nitrogens is 1. The van der Waals surface area contributed by atoms with E-state index in [0.717, 1.165) is 30.8 Å². The Kier molecular flexibility index (Phi) is 5.24. The van der Waals surface area contributed by atoms with E-state index in [0.29, 0.717) is 15.7 Å². The minimum Gasteiger partial charge on any atom is -0.396 e. The monoisotopic (exact) mass is 309 g/mol.